The number of aromatic nitrogens is 3. The molecule has 2 aromatic heterocycles. The van der Waals surface area contributed by atoms with Crippen LogP contribution in [0.4, 0.5) is 13.2 Å². The van der Waals surface area contributed by atoms with Crippen molar-refractivity contribution < 1.29 is 23.0 Å². The first-order valence-electron chi connectivity index (χ1n) is 8.73. The van der Waals surface area contributed by atoms with E-state index in [1.165, 1.54) is 7.05 Å². The molecular formula is C20H18F3N3O3. The normalized spacial score (nSPS) is 11.5. The van der Waals surface area contributed by atoms with E-state index in [0.29, 0.717) is 35.2 Å². The second kappa shape index (κ2) is 7.57. The van der Waals surface area contributed by atoms with Gasteiger partial charge in [-0.2, -0.15) is 18.3 Å². The summed E-state index contributed by atoms with van der Waals surface area (Å²) >= 11 is 0. The van der Waals surface area contributed by atoms with Crippen LogP contribution in [0.3, 0.4) is 0 Å². The highest BCUT2D eigenvalue weighted by Crippen LogP contribution is 2.34. The Morgan fingerprint density at radius 2 is 1.93 bits per heavy atom. The van der Waals surface area contributed by atoms with Crippen LogP contribution in [0.15, 0.2) is 41.3 Å². The van der Waals surface area contributed by atoms with Gasteiger partial charge in [-0.3, -0.25) is 4.79 Å². The summed E-state index contributed by atoms with van der Waals surface area (Å²) in [6.45, 7) is 3.46. The van der Waals surface area contributed by atoms with Crippen LogP contribution < -0.4 is 10.3 Å². The average molecular weight is 405 g/mol. The first-order valence-corrected chi connectivity index (χ1v) is 8.73. The molecule has 1 N–H and O–H groups in total. The third kappa shape index (κ3) is 4.08. The van der Waals surface area contributed by atoms with Crippen LogP contribution in [0, 0.1) is 6.92 Å². The average Bonchev–Trinajstić information content (AvgIpc) is 2.67. The third-order valence-corrected chi connectivity index (χ3v) is 4.40. The highest BCUT2D eigenvalue weighted by atomic mass is 19.4. The molecule has 0 fully saturated rings. The topological polar surface area (TPSA) is 77.2 Å². The molecule has 0 unspecified atom stereocenters. The van der Waals surface area contributed by atoms with Crippen LogP contribution in [-0.4, -0.2) is 19.9 Å². The van der Waals surface area contributed by atoms with Crippen molar-refractivity contribution >= 4 is 0 Å². The maximum Gasteiger partial charge on any atom is 0.417 e. The standard InChI is InChI=1S/C20H18F3N3O3/c1-4-12-9-14(29-16-8-5-13(10-24-16)20(21,22)23)6-7-15(12)17-18(27)11(2)25-26(3)19(17)28/h5-10,27H,4H2,1-3H3. The number of benzene rings is 1. The predicted octanol–water partition coefficient (Wildman–Crippen LogP) is 4.23. The van der Waals surface area contributed by atoms with Crippen LogP contribution in [0.1, 0.15) is 23.7 Å². The fourth-order valence-electron chi connectivity index (χ4n) is 2.90. The number of aryl methyl sites for hydroxylation is 3. The van der Waals surface area contributed by atoms with E-state index >= 15 is 0 Å². The zero-order valence-corrected chi connectivity index (χ0v) is 15.9. The molecule has 3 rings (SSSR count). The second-order valence-corrected chi connectivity index (χ2v) is 6.40. The van der Waals surface area contributed by atoms with Crippen molar-refractivity contribution in [1.82, 2.24) is 14.8 Å². The molecule has 0 spiro atoms. The zero-order valence-electron chi connectivity index (χ0n) is 15.9. The van der Waals surface area contributed by atoms with E-state index in [1.807, 2.05) is 6.92 Å². The SMILES string of the molecule is CCc1cc(Oc2ccc(C(F)(F)F)cn2)ccc1-c1c(O)c(C)nn(C)c1=O. The molecule has 6 nitrogen and oxygen atoms in total. The van der Waals surface area contributed by atoms with Gasteiger partial charge in [0, 0.05) is 19.3 Å². The summed E-state index contributed by atoms with van der Waals surface area (Å²) in [4.78, 5) is 16.2. The fraction of sp³-hybridized carbons (Fsp3) is 0.250. The van der Waals surface area contributed by atoms with E-state index < -0.39 is 17.3 Å². The van der Waals surface area contributed by atoms with E-state index in [1.54, 1.807) is 25.1 Å². The van der Waals surface area contributed by atoms with Crippen molar-refractivity contribution in [2.45, 2.75) is 26.4 Å². The van der Waals surface area contributed by atoms with Crippen LogP contribution in [0.5, 0.6) is 17.4 Å². The largest absolute Gasteiger partial charge is 0.505 e. The van der Waals surface area contributed by atoms with Gasteiger partial charge in [0.15, 0.2) is 5.75 Å². The summed E-state index contributed by atoms with van der Waals surface area (Å²) < 4.78 is 44.6. The monoisotopic (exact) mass is 405 g/mol. The number of pyridine rings is 1. The summed E-state index contributed by atoms with van der Waals surface area (Å²) in [6, 6.07) is 6.86. The number of hydrogen-bond donors (Lipinski definition) is 1. The lowest BCUT2D eigenvalue weighted by Crippen LogP contribution is -2.22. The van der Waals surface area contributed by atoms with Crippen molar-refractivity contribution in [3.63, 3.8) is 0 Å². The molecular weight excluding hydrogens is 387 g/mol. The van der Waals surface area contributed by atoms with Crippen LogP contribution in [0.2, 0.25) is 0 Å². The van der Waals surface area contributed by atoms with Crippen molar-refractivity contribution in [2.24, 2.45) is 7.05 Å². The predicted molar refractivity (Wildman–Crippen MR) is 100 cm³/mol. The van der Waals surface area contributed by atoms with Crippen molar-refractivity contribution in [1.29, 1.82) is 0 Å². The number of ether oxygens (including phenoxy) is 1. The van der Waals surface area contributed by atoms with Gasteiger partial charge >= 0.3 is 6.18 Å². The van der Waals surface area contributed by atoms with Crippen molar-refractivity contribution in [3.05, 3.63) is 63.7 Å². The van der Waals surface area contributed by atoms with Gasteiger partial charge in [0.05, 0.1) is 11.1 Å². The molecule has 0 bridgehead atoms. The van der Waals surface area contributed by atoms with Gasteiger partial charge in [0.1, 0.15) is 11.4 Å². The van der Waals surface area contributed by atoms with E-state index in [-0.39, 0.29) is 17.2 Å². The number of hydrogen-bond acceptors (Lipinski definition) is 5. The number of alkyl halides is 3. The fourth-order valence-corrected chi connectivity index (χ4v) is 2.90. The van der Waals surface area contributed by atoms with E-state index in [0.717, 1.165) is 16.8 Å². The highest BCUT2D eigenvalue weighted by Gasteiger charge is 2.30. The summed E-state index contributed by atoms with van der Waals surface area (Å²) in [5.74, 6) is 0.159. The summed E-state index contributed by atoms with van der Waals surface area (Å²) in [6.07, 6.45) is -3.25. The molecule has 3 aromatic rings. The number of rotatable bonds is 4. The maximum absolute atomic E-state index is 12.6. The lowest BCUT2D eigenvalue weighted by molar-refractivity contribution is -0.137. The van der Waals surface area contributed by atoms with Gasteiger partial charge in [-0.25, -0.2) is 9.67 Å². The molecule has 0 radical (unpaired) electrons. The minimum Gasteiger partial charge on any atom is -0.505 e. The molecule has 0 aliphatic heterocycles. The zero-order chi connectivity index (χ0) is 21.3. The summed E-state index contributed by atoms with van der Waals surface area (Å²) in [7, 11) is 1.50. The summed E-state index contributed by atoms with van der Waals surface area (Å²) in [5.41, 5.74) is 0.389. The van der Waals surface area contributed by atoms with Gasteiger partial charge in [-0.05, 0) is 42.7 Å². The minimum atomic E-state index is -4.47. The van der Waals surface area contributed by atoms with Crippen LogP contribution in [0.25, 0.3) is 11.1 Å². The molecule has 2 heterocycles. The lowest BCUT2D eigenvalue weighted by Gasteiger charge is -2.14. The minimum absolute atomic E-state index is 0.00585. The molecule has 0 aliphatic rings. The maximum atomic E-state index is 12.6. The Hall–Kier alpha value is -3.36. The summed E-state index contributed by atoms with van der Waals surface area (Å²) in [5, 5.41) is 14.3. The lowest BCUT2D eigenvalue weighted by atomic mass is 9.98. The number of aromatic hydroxyl groups is 1. The third-order valence-electron chi connectivity index (χ3n) is 4.40. The highest BCUT2D eigenvalue weighted by molar-refractivity contribution is 5.73. The second-order valence-electron chi connectivity index (χ2n) is 6.40. The quantitative estimate of drug-likeness (QED) is 0.703. The molecule has 0 aliphatic carbocycles. The smallest absolute Gasteiger partial charge is 0.417 e. The van der Waals surface area contributed by atoms with E-state index in [9.17, 15) is 23.1 Å². The molecule has 152 valence electrons. The molecule has 0 atom stereocenters. The van der Waals surface area contributed by atoms with E-state index in [2.05, 4.69) is 10.1 Å². The molecule has 1 aromatic carbocycles. The Morgan fingerprint density at radius 3 is 2.52 bits per heavy atom. The first-order chi connectivity index (χ1) is 13.6. The van der Waals surface area contributed by atoms with Gasteiger partial charge in [0.2, 0.25) is 5.88 Å². The molecule has 0 saturated heterocycles. The van der Waals surface area contributed by atoms with Gasteiger partial charge in [-0.15, -0.1) is 0 Å². The van der Waals surface area contributed by atoms with Crippen LogP contribution in [-0.2, 0) is 19.6 Å². The number of halogens is 3. The van der Waals surface area contributed by atoms with Gasteiger partial charge < -0.3 is 9.84 Å². The molecule has 29 heavy (non-hydrogen) atoms. The Labute approximate surface area is 164 Å². The Kier molecular flexibility index (Phi) is 5.32. The van der Waals surface area contributed by atoms with E-state index in [4.69, 9.17) is 4.74 Å². The molecule has 9 heteroatoms. The first kappa shape index (κ1) is 20.4. The van der Waals surface area contributed by atoms with Gasteiger partial charge in [-0.1, -0.05) is 13.0 Å². The number of nitrogens with zero attached hydrogens (tertiary/aromatic N) is 3. The Bertz CT molecular complexity index is 1110. The Balaban J connectivity index is 1.98. The Morgan fingerprint density at radius 1 is 1.21 bits per heavy atom. The van der Waals surface area contributed by atoms with Crippen molar-refractivity contribution in [2.75, 3.05) is 0 Å². The molecule has 0 saturated carbocycles. The van der Waals surface area contributed by atoms with Crippen LogP contribution >= 0.6 is 0 Å². The molecule has 0 amide bonds. The van der Waals surface area contributed by atoms with Crippen molar-refractivity contribution in [3.8, 4) is 28.5 Å². The van der Waals surface area contributed by atoms with Gasteiger partial charge in [0.25, 0.3) is 5.56 Å².